The highest BCUT2D eigenvalue weighted by molar-refractivity contribution is 5.92. The number of hydrogen-bond donors (Lipinski definition) is 1. The van der Waals surface area contributed by atoms with Gasteiger partial charge >= 0.3 is 0 Å². The molecule has 1 N–H and O–H groups in total. The normalized spacial score (nSPS) is 11.8. The number of carbonyl (C=O) groups excluding carboxylic acids is 1. The van der Waals surface area contributed by atoms with Crippen molar-refractivity contribution in [2.24, 2.45) is 7.05 Å². The van der Waals surface area contributed by atoms with Crippen LogP contribution < -0.4 is 5.32 Å². The van der Waals surface area contributed by atoms with Crippen LogP contribution in [0.5, 0.6) is 0 Å². The number of nitrogens with one attached hydrogen (secondary N) is 1. The topological polar surface area (TPSA) is 46.9 Å². The van der Waals surface area contributed by atoms with Crippen molar-refractivity contribution in [2.75, 3.05) is 0 Å². The fraction of sp³-hybridized carbons (Fsp3) is 0.455. The van der Waals surface area contributed by atoms with E-state index in [1.54, 1.807) is 17.1 Å². The third-order valence-electron chi connectivity index (χ3n) is 2.13. The number of hydrogen-bond acceptors (Lipinski definition) is 2. The number of imidazole rings is 1. The van der Waals surface area contributed by atoms with E-state index in [4.69, 9.17) is 6.42 Å². The van der Waals surface area contributed by atoms with Crippen LogP contribution in [0, 0.1) is 12.3 Å². The molecule has 0 spiro atoms. The summed E-state index contributed by atoms with van der Waals surface area (Å²) in [6.45, 7) is 1.99. The molecule has 4 nitrogen and oxygen atoms in total. The van der Waals surface area contributed by atoms with Gasteiger partial charge in [-0.15, -0.1) is 12.3 Å². The summed E-state index contributed by atoms with van der Waals surface area (Å²) in [7, 11) is 1.82. The van der Waals surface area contributed by atoms with Gasteiger partial charge in [-0.3, -0.25) is 4.79 Å². The van der Waals surface area contributed by atoms with Gasteiger partial charge in [-0.1, -0.05) is 6.92 Å². The summed E-state index contributed by atoms with van der Waals surface area (Å²) >= 11 is 0. The highest BCUT2D eigenvalue weighted by Crippen LogP contribution is 2.00. The van der Waals surface area contributed by atoms with Gasteiger partial charge in [0.05, 0.1) is 6.33 Å². The van der Waals surface area contributed by atoms with Crippen molar-refractivity contribution in [2.45, 2.75) is 25.8 Å². The van der Waals surface area contributed by atoms with Crippen molar-refractivity contribution >= 4 is 5.91 Å². The fourth-order valence-corrected chi connectivity index (χ4v) is 1.23. The number of carbonyl (C=O) groups is 1. The van der Waals surface area contributed by atoms with Gasteiger partial charge in [-0.25, -0.2) is 4.98 Å². The monoisotopic (exact) mass is 205 g/mol. The maximum Gasteiger partial charge on any atom is 0.271 e. The Morgan fingerprint density at radius 3 is 3.00 bits per heavy atom. The molecule has 0 bridgehead atoms. The number of terminal acetylenes is 1. The van der Waals surface area contributed by atoms with E-state index in [2.05, 4.69) is 16.2 Å². The minimum Gasteiger partial charge on any atom is -0.347 e. The van der Waals surface area contributed by atoms with Gasteiger partial charge in [0.1, 0.15) is 5.69 Å². The Hall–Kier alpha value is -1.76. The maximum absolute atomic E-state index is 11.6. The first kappa shape index (κ1) is 11.3. The third kappa shape index (κ3) is 3.13. The van der Waals surface area contributed by atoms with Crippen LogP contribution in [-0.4, -0.2) is 21.5 Å². The summed E-state index contributed by atoms with van der Waals surface area (Å²) < 4.78 is 1.73. The van der Waals surface area contributed by atoms with Crippen LogP contribution in [0.4, 0.5) is 0 Å². The highest BCUT2D eigenvalue weighted by atomic mass is 16.1. The summed E-state index contributed by atoms with van der Waals surface area (Å²) in [5.41, 5.74) is 0.424. The highest BCUT2D eigenvalue weighted by Gasteiger charge is 2.12. The standard InChI is InChI=1S/C11H15N3O/c1-4-6-9(5-2)13-11(15)10-7-14(3)8-12-10/h1,7-9H,5-6H2,2-3H3,(H,13,15). The summed E-state index contributed by atoms with van der Waals surface area (Å²) in [6, 6.07) is 0.0320. The molecule has 0 fully saturated rings. The molecule has 1 rings (SSSR count). The van der Waals surface area contributed by atoms with Crippen LogP contribution in [0.25, 0.3) is 0 Å². The van der Waals surface area contributed by atoms with E-state index in [0.29, 0.717) is 12.1 Å². The second kappa shape index (κ2) is 5.20. The van der Waals surface area contributed by atoms with Crippen LogP contribution in [0.2, 0.25) is 0 Å². The zero-order valence-corrected chi connectivity index (χ0v) is 9.03. The molecule has 80 valence electrons. The average Bonchev–Trinajstić information content (AvgIpc) is 2.64. The minimum atomic E-state index is -0.169. The lowest BCUT2D eigenvalue weighted by Gasteiger charge is -2.12. The SMILES string of the molecule is C#CCC(CC)NC(=O)c1cn(C)cn1. The zero-order chi connectivity index (χ0) is 11.3. The minimum absolute atomic E-state index is 0.0320. The lowest BCUT2D eigenvalue weighted by atomic mass is 10.1. The molecule has 1 amide bonds. The maximum atomic E-state index is 11.6. The molecule has 1 heterocycles. The number of rotatable bonds is 4. The molecule has 1 aromatic rings. The Bertz CT molecular complexity index is 375. The molecule has 1 aromatic heterocycles. The second-order valence-electron chi connectivity index (χ2n) is 3.41. The van der Waals surface area contributed by atoms with E-state index in [1.165, 1.54) is 0 Å². The van der Waals surface area contributed by atoms with Gasteiger partial charge < -0.3 is 9.88 Å². The largest absolute Gasteiger partial charge is 0.347 e. The van der Waals surface area contributed by atoms with Gasteiger partial charge in [0.15, 0.2) is 0 Å². The molecule has 0 saturated carbocycles. The summed E-state index contributed by atoms with van der Waals surface area (Å²) in [5, 5.41) is 2.84. The Kier molecular flexibility index (Phi) is 3.92. The smallest absolute Gasteiger partial charge is 0.271 e. The molecule has 4 heteroatoms. The molecule has 0 aliphatic rings. The lowest BCUT2D eigenvalue weighted by molar-refractivity contribution is 0.0932. The van der Waals surface area contributed by atoms with E-state index in [-0.39, 0.29) is 11.9 Å². The van der Waals surface area contributed by atoms with Crippen molar-refractivity contribution in [1.82, 2.24) is 14.9 Å². The predicted octanol–water partition coefficient (Wildman–Crippen LogP) is 0.952. The molecule has 0 saturated heterocycles. The van der Waals surface area contributed by atoms with Crippen LogP contribution in [0.3, 0.4) is 0 Å². The van der Waals surface area contributed by atoms with E-state index >= 15 is 0 Å². The molecule has 1 unspecified atom stereocenters. The third-order valence-corrected chi connectivity index (χ3v) is 2.13. The van der Waals surface area contributed by atoms with Gasteiger partial charge in [-0.05, 0) is 6.42 Å². The Morgan fingerprint density at radius 2 is 2.53 bits per heavy atom. The van der Waals surface area contributed by atoms with Crippen molar-refractivity contribution in [3.8, 4) is 12.3 Å². The van der Waals surface area contributed by atoms with Crippen LogP contribution in [0.1, 0.15) is 30.3 Å². The first-order valence-corrected chi connectivity index (χ1v) is 4.89. The first-order valence-electron chi connectivity index (χ1n) is 4.89. The molecule has 0 radical (unpaired) electrons. The number of nitrogens with zero attached hydrogens (tertiary/aromatic N) is 2. The van der Waals surface area contributed by atoms with Gasteiger partial charge in [-0.2, -0.15) is 0 Å². The second-order valence-corrected chi connectivity index (χ2v) is 3.41. The molecule has 0 aromatic carbocycles. The van der Waals surface area contributed by atoms with Gasteiger partial charge in [0.2, 0.25) is 0 Å². The van der Waals surface area contributed by atoms with Gasteiger partial charge in [0, 0.05) is 25.7 Å². The first-order chi connectivity index (χ1) is 7.17. The van der Waals surface area contributed by atoms with Crippen molar-refractivity contribution in [1.29, 1.82) is 0 Å². The molecule has 15 heavy (non-hydrogen) atoms. The Balaban J connectivity index is 2.59. The lowest BCUT2D eigenvalue weighted by Crippen LogP contribution is -2.34. The predicted molar refractivity (Wildman–Crippen MR) is 58.2 cm³/mol. The van der Waals surface area contributed by atoms with Crippen molar-refractivity contribution in [3.05, 3.63) is 18.2 Å². The van der Waals surface area contributed by atoms with Gasteiger partial charge in [0.25, 0.3) is 5.91 Å². The number of amides is 1. The molecule has 0 aliphatic carbocycles. The van der Waals surface area contributed by atoms with E-state index in [1.807, 2.05) is 14.0 Å². The van der Waals surface area contributed by atoms with E-state index in [0.717, 1.165) is 6.42 Å². The Labute approximate surface area is 89.7 Å². The molecule has 0 aliphatic heterocycles. The summed E-state index contributed by atoms with van der Waals surface area (Å²) in [6.07, 6.45) is 9.85. The number of aromatic nitrogens is 2. The van der Waals surface area contributed by atoms with E-state index in [9.17, 15) is 4.79 Å². The van der Waals surface area contributed by atoms with Crippen molar-refractivity contribution < 1.29 is 4.79 Å². The average molecular weight is 205 g/mol. The molecular weight excluding hydrogens is 190 g/mol. The fourth-order valence-electron chi connectivity index (χ4n) is 1.23. The van der Waals surface area contributed by atoms with Crippen LogP contribution >= 0.6 is 0 Å². The molecular formula is C11H15N3O. The summed E-state index contributed by atoms with van der Waals surface area (Å²) in [5.74, 6) is 2.37. The molecule has 1 atom stereocenters. The summed E-state index contributed by atoms with van der Waals surface area (Å²) in [4.78, 5) is 15.6. The van der Waals surface area contributed by atoms with E-state index < -0.39 is 0 Å². The quantitative estimate of drug-likeness (QED) is 0.744. The Morgan fingerprint density at radius 1 is 1.80 bits per heavy atom. The zero-order valence-electron chi connectivity index (χ0n) is 9.03. The number of aryl methyl sites for hydroxylation is 1. The van der Waals surface area contributed by atoms with Crippen LogP contribution in [0.15, 0.2) is 12.5 Å². The van der Waals surface area contributed by atoms with Crippen molar-refractivity contribution in [3.63, 3.8) is 0 Å². The van der Waals surface area contributed by atoms with Crippen LogP contribution in [-0.2, 0) is 7.05 Å².